The van der Waals surface area contributed by atoms with Crippen molar-refractivity contribution in [3.63, 3.8) is 0 Å². The molecule has 0 atom stereocenters. The van der Waals surface area contributed by atoms with Crippen LogP contribution in [0.2, 0.25) is 0 Å². The van der Waals surface area contributed by atoms with Gasteiger partial charge >= 0.3 is 0 Å². The number of methoxy groups -OCH3 is 1. The van der Waals surface area contributed by atoms with Crippen LogP contribution < -0.4 is 16.0 Å². The molecule has 5 aromatic rings. The highest BCUT2D eigenvalue weighted by Gasteiger charge is 2.12. The number of anilines is 3. The first-order valence-electron chi connectivity index (χ1n) is 12.9. The summed E-state index contributed by atoms with van der Waals surface area (Å²) in [5.41, 5.74) is 7.00. The van der Waals surface area contributed by atoms with Crippen LogP contribution in [0.5, 0.6) is 0 Å². The fourth-order valence-corrected chi connectivity index (χ4v) is 4.30. The lowest BCUT2D eigenvalue weighted by molar-refractivity contribution is 0.102. The Labute approximate surface area is 228 Å². The number of benzene rings is 4. The number of ether oxygens (including phenoxy) is 1. The van der Waals surface area contributed by atoms with E-state index in [0.717, 1.165) is 51.2 Å². The van der Waals surface area contributed by atoms with E-state index in [2.05, 4.69) is 22.0 Å². The van der Waals surface area contributed by atoms with Crippen LogP contribution in [-0.2, 0) is 11.3 Å². The molecule has 0 aliphatic rings. The van der Waals surface area contributed by atoms with Crippen LogP contribution in [0.25, 0.3) is 22.2 Å². The maximum atomic E-state index is 13.0. The molecule has 1 amide bonds. The Morgan fingerprint density at radius 2 is 1.64 bits per heavy atom. The van der Waals surface area contributed by atoms with Gasteiger partial charge in [0.2, 0.25) is 5.95 Å². The number of nitrogens with zero attached hydrogens (tertiary/aromatic N) is 2. The van der Waals surface area contributed by atoms with E-state index in [1.54, 1.807) is 19.2 Å². The number of para-hydroxylation sites is 1. The Bertz CT molecular complexity index is 1570. The Hall–Kier alpha value is -4.59. The second-order valence-corrected chi connectivity index (χ2v) is 9.25. The van der Waals surface area contributed by atoms with Gasteiger partial charge in [0.1, 0.15) is 0 Å². The van der Waals surface area contributed by atoms with E-state index in [0.29, 0.717) is 24.7 Å². The number of rotatable bonds is 10. The van der Waals surface area contributed by atoms with Crippen molar-refractivity contribution in [1.82, 2.24) is 15.3 Å². The van der Waals surface area contributed by atoms with Gasteiger partial charge in [0.15, 0.2) is 0 Å². The molecule has 196 valence electrons. The molecule has 4 aromatic carbocycles. The summed E-state index contributed by atoms with van der Waals surface area (Å²) < 4.78 is 5.08. The van der Waals surface area contributed by atoms with Crippen LogP contribution in [0, 0.1) is 6.92 Å². The average molecular weight is 518 g/mol. The Morgan fingerprint density at radius 3 is 2.44 bits per heavy atom. The average Bonchev–Trinajstić information content (AvgIpc) is 2.97. The first-order valence-corrected chi connectivity index (χ1v) is 12.9. The predicted octanol–water partition coefficient (Wildman–Crippen LogP) is 6.34. The molecule has 5 rings (SSSR count). The van der Waals surface area contributed by atoms with E-state index in [4.69, 9.17) is 14.7 Å². The highest BCUT2D eigenvalue weighted by atomic mass is 16.5. The van der Waals surface area contributed by atoms with Crippen LogP contribution in [0.1, 0.15) is 21.5 Å². The van der Waals surface area contributed by atoms with Gasteiger partial charge in [-0.1, -0.05) is 60.7 Å². The van der Waals surface area contributed by atoms with E-state index >= 15 is 0 Å². The lowest BCUT2D eigenvalue weighted by atomic mass is 10.1. The Kier molecular flexibility index (Phi) is 8.21. The van der Waals surface area contributed by atoms with Crippen LogP contribution in [-0.4, -0.2) is 36.1 Å². The van der Waals surface area contributed by atoms with Crippen molar-refractivity contribution in [2.45, 2.75) is 13.5 Å². The zero-order chi connectivity index (χ0) is 27.0. The topological polar surface area (TPSA) is 88.2 Å². The summed E-state index contributed by atoms with van der Waals surface area (Å²) in [7, 11) is 1.68. The van der Waals surface area contributed by atoms with E-state index in [9.17, 15) is 4.79 Å². The largest absolute Gasteiger partial charge is 0.383 e. The van der Waals surface area contributed by atoms with Gasteiger partial charge in [0, 0.05) is 48.1 Å². The summed E-state index contributed by atoms with van der Waals surface area (Å²) in [5, 5.41) is 10.7. The van der Waals surface area contributed by atoms with Crippen molar-refractivity contribution in [3.8, 4) is 11.3 Å². The van der Waals surface area contributed by atoms with Gasteiger partial charge in [-0.15, -0.1) is 0 Å². The Morgan fingerprint density at radius 1 is 0.872 bits per heavy atom. The summed E-state index contributed by atoms with van der Waals surface area (Å²) >= 11 is 0. The van der Waals surface area contributed by atoms with Gasteiger partial charge in [-0.05, 0) is 54.4 Å². The minimum atomic E-state index is -0.164. The summed E-state index contributed by atoms with van der Waals surface area (Å²) in [6, 6.07) is 31.4. The predicted molar refractivity (Wildman–Crippen MR) is 157 cm³/mol. The molecule has 0 saturated carbocycles. The first-order chi connectivity index (χ1) is 19.1. The third-order valence-corrected chi connectivity index (χ3v) is 6.42. The molecule has 1 aromatic heterocycles. The number of aromatic nitrogens is 2. The zero-order valence-corrected chi connectivity index (χ0v) is 22.1. The number of amides is 1. The minimum absolute atomic E-state index is 0.164. The summed E-state index contributed by atoms with van der Waals surface area (Å²) in [6.45, 7) is 4.11. The SMILES string of the molecule is COCCNCc1ccc(C)c(NC(=O)c2ccc(Nc3nc(-c4ccccc4)c4ccccc4n3)cc2)c1. The summed E-state index contributed by atoms with van der Waals surface area (Å²) in [5.74, 6) is 0.332. The van der Waals surface area contributed by atoms with Crippen LogP contribution >= 0.6 is 0 Å². The van der Waals surface area contributed by atoms with Crippen molar-refractivity contribution in [2.24, 2.45) is 0 Å². The molecule has 0 saturated heterocycles. The van der Waals surface area contributed by atoms with Gasteiger partial charge in [0.05, 0.1) is 17.8 Å². The van der Waals surface area contributed by atoms with Crippen LogP contribution in [0.3, 0.4) is 0 Å². The van der Waals surface area contributed by atoms with Crippen LogP contribution in [0.4, 0.5) is 17.3 Å². The highest BCUT2D eigenvalue weighted by molar-refractivity contribution is 6.05. The monoisotopic (exact) mass is 517 g/mol. The molecule has 7 heteroatoms. The van der Waals surface area contributed by atoms with E-state index in [-0.39, 0.29) is 5.91 Å². The normalized spacial score (nSPS) is 10.9. The summed E-state index contributed by atoms with van der Waals surface area (Å²) in [4.78, 5) is 22.5. The standard InChI is InChI=1S/C32H31N5O2/c1-22-12-13-23(21-33-18-19-39-2)20-29(22)35-31(38)25-14-16-26(17-15-25)34-32-36-28-11-7-6-10-27(28)30(37-32)24-8-4-3-5-9-24/h3-17,20,33H,18-19,21H2,1-2H3,(H,35,38)(H,34,36,37). The van der Waals surface area contributed by atoms with Gasteiger partial charge in [-0.25, -0.2) is 9.97 Å². The van der Waals surface area contributed by atoms with E-state index < -0.39 is 0 Å². The van der Waals surface area contributed by atoms with E-state index in [1.165, 1.54) is 0 Å². The zero-order valence-electron chi connectivity index (χ0n) is 22.1. The molecule has 7 nitrogen and oxygen atoms in total. The van der Waals surface area contributed by atoms with Gasteiger partial charge in [-0.3, -0.25) is 4.79 Å². The third-order valence-electron chi connectivity index (χ3n) is 6.42. The molecular weight excluding hydrogens is 486 g/mol. The van der Waals surface area contributed by atoms with Gasteiger partial charge in [-0.2, -0.15) is 0 Å². The highest BCUT2D eigenvalue weighted by Crippen LogP contribution is 2.28. The maximum absolute atomic E-state index is 13.0. The lowest BCUT2D eigenvalue weighted by Crippen LogP contribution is -2.19. The number of carbonyl (C=O) groups excluding carboxylic acids is 1. The molecule has 0 bridgehead atoms. The smallest absolute Gasteiger partial charge is 0.255 e. The molecular formula is C32H31N5O2. The quantitative estimate of drug-likeness (QED) is 0.188. The van der Waals surface area contributed by atoms with E-state index in [1.807, 2.05) is 85.8 Å². The molecule has 0 radical (unpaired) electrons. The first kappa shape index (κ1) is 26.0. The third kappa shape index (κ3) is 6.46. The maximum Gasteiger partial charge on any atom is 0.255 e. The van der Waals surface area contributed by atoms with Gasteiger partial charge in [0.25, 0.3) is 5.91 Å². The molecule has 0 aliphatic carbocycles. The van der Waals surface area contributed by atoms with Crippen LogP contribution in [0.15, 0.2) is 97.1 Å². The number of carbonyl (C=O) groups is 1. The molecule has 3 N–H and O–H groups in total. The number of nitrogens with one attached hydrogen (secondary N) is 3. The van der Waals surface area contributed by atoms with Crippen molar-refractivity contribution in [2.75, 3.05) is 30.9 Å². The number of hydrogen-bond donors (Lipinski definition) is 3. The van der Waals surface area contributed by atoms with Gasteiger partial charge < -0.3 is 20.7 Å². The second kappa shape index (κ2) is 12.3. The number of aryl methyl sites for hydroxylation is 1. The molecule has 39 heavy (non-hydrogen) atoms. The molecule has 0 unspecified atom stereocenters. The molecule has 1 heterocycles. The minimum Gasteiger partial charge on any atom is -0.383 e. The van der Waals surface area contributed by atoms with Crippen molar-refractivity contribution < 1.29 is 9.53 Å². The Balaban J connectivity index is 1.30. The molecule has 0 fully saturated rings. The summed E-state index contributed by atoms with van der Waals surface area (Å²) in [6.07, 6.45) is 0. The molecule has 0 aliphatic heterocycles. The molecule has 0 spiro atoms. The van der Waals surface area contributed by atoms with Crippen molar-refractivity contribution >= 4 is 34.1 Å². The lowest BCUT2D eigenvalue weighted by Gasteiger charge is -2.12. The van der Waals surface area contributed by atoms with Crippen molar-refractivity contribution in [1.29, 1.82) is 0 Å². The number of fused-ring (bicyclic) bond motifs is 1. The number of hydrogen-bond acceptors (Lipinski definition) is 6. The second-order valence-electron chi connectivity index (χ2n) is 9.25. The fraction of sp³-hybridized carbons (Fsp3) is 0.156. The van der Waals surface area contributed by atoms with Crippen molar-refractivity contribution in [3.05, 3.63) is 114 Å². The fourth-order valence-electron chi connectivity index (χ4n) is 4.30.